The standard InChI is InChI=1S/C12H18N4O3/c1-2-8(6-13)14-12(17)11-5-10(16(18)19)7-15(11)9-3-4-9/h5,7-9H,2-4,6,13H2,1H3,(H,14,17). The minimum absolute atomic E-state index is 0.0437. The van der Waals surface area contributed by atoms with Crippen LogP contribution in [0.2, 0.25) is 0 Å². The number of nitro groups is 1. The van der Waals surface area contributed by atoms with Gasteiger partial charge in [0.15, 0.2) is 0 Å². The molecule has 0 aromatic carbocycles. The maximum Gasteiger partial charge on any atom is 0.287 e. The van der Waals surface area contributed by atoms with Gasteiger partial charge >= 0.3 is 0 Å². The number of amides is 1. The molecule has 0 bridgehead atoms. The fraction of sp³-hybridized carbons (Fsp3) is 0.583. The highest BCUT2D eigenvalue weighted by Gasteiger charge is 2.30. The van der Waals surface area contributed by atoms with Crippen LogP contribution in [0.1, 0.15) is 42.7 Å². The van der Waals surface area contributed by atoms with Crippen molar-refractivity contribution >= 4 is 11.6 Å². The predicted octanol–water partition coefficient (Wildman–Crippen LogP) is 1.20. The number of nitrogens with one attached hydrogen (secondary N) is 1. The van der Waals surface area contributed by atoms with Crippen molar-refractivity contribution in [2.45, 2.75) is 38.3 Å². The Balaban J connectivity index is 2.22. The SMILES string of the molecule is CCC(CN)NC(=O)c1cc([N+](=O)[O-])cn1C1CC1. The Hall–Kier alpha value is -1.89. The third kappa shape index (κ3) is 2.93. The minimum Gasteiger partial charge on any atom is -0.347 e. The fourth-order valence-corrected chi connectivity index (χ4v) is 1.99. The monoisotopic (exact) mass is 266 g/mol. The molecule has 7 heteroatoms. The molecule has 7 nitrogen and oxygen atoms in total. The molecule has 1 fully saturated rings. The summed E-state index contributed by atoms with van der Waals surface area (Å²) >= 11 is 0. The molecule has 1 heterocycles. The average Bonchev–Trinajstić information content (AvgIpc) is 3.13. The number of aromatic nitrogens is 1. The number of carbonyl (C=O) groups is 1. The van der Waals surface area contributed by atoms with Crippen LogP contribution in [0.25, 0.3) is 0 Å². The summed E-state index contributed by atoms with van der Waals surface area (Å²) in [5.41, 5.74) is 5.85. The van der Waals surface area contributed by atoms with Crippen LogP contribution in [0.4, 0.5) is 5.69 Å². The van der Waals surface area contributed by atoms with Crippen molar-refractivity contribution in [2.75, 3.05) is 6.54 Å². The van der Waals surface area contributed by atoms with E-state index in [0.29, 0.717) is 12.2 Å². The zero-order chi connectivity index (χ0) is 14.0. The smallest absolute Gasteiger partial charge is 0.287 e. The minimum atomic E-state index is -0.476. The lowest BCUT2D eigenvalue weighted by molar-refractivity contribution is -0.384. The molecule has 0 radical (unpaired) electrons. The normalized spacial score (nSPS) is 16.1. The third-order valence-electron chi connectivity index (χ3n) is 3.33. The summed E-state index contributed by atoms with van der Waals surface area (Å²) in [6.07, 6.45) is 4.09. The van der Waals surface area contributed by atoms with Crippen molar-refractivity contribution in [3.8, 4) is 0 Å². The van der Waals surface area contributed by atoms with Gasteiger partial charge in [0.25, 0.3) is 11.6 Å². The second-order valence-electron chi connectivity index (χ2n) is 4.79. The van der Waals surface area contributed by atoms with E-state index in [1.54, 1.807) is 4.57 Å². The topological polar surface area (TPSA) is 103 Å². The van der Waals surface area contributed by atoms with Crippen LogP contribution in [-0.2, 0) is 0 Å². The van der Waals surface area contributed by atoms with Crippen LogP contribution < -0.4 is 11.1 Å². The van der Waals surface area contributed by atoms with E-state index in [4.69, 9.17) is 5.73 Å². The summed E-state index contributed by atoms with van der Waals surface area (Å²) in [7, 11) is 0. The Morgan fingerprint density at radius 3 is 2.84 bits per heavy atom. The van der Waals surface area contributed by atoms with E-state index in [1.807, 2.05) is 6.92 Å². The molecule has 104 valence electrons. The number of carbonyl (C=O) groups excluding carboxylic acids is 1. The number of rotatable bonds is 6. The molecular weight excluding hydrogens is 248 g/mol. The summed E-state index contributed by atoms with van der Waals surface area (Å²) < 4.78 is 1.71. The molecule has 1 aromatic rings. The van der Waals surface area contributed by atoms with Gasteiger partial charge in [-0.05, 0) is 19.3 Å². The van der Waals surface area contributed by atoms with E-state index in [2.05, 4.69) is 5.32 Å². The molecule has 19 heavy (non-hydrogen) atoms. The Labute approximate surface area is 110 Å². The van der Waals surface area contributed by atoms with Gasteiger partial charge in [-0.25, -0.2) is 0 Å². The first-order valence-corrected chi connectivity index (χ1v) is 6.44. The molecular formula is C12H18N4O3. The molecule has 3 N–H and O–H groups in total. The lowest BCUT2D eigenvalue weighted by Gasteiger charge is -2.15. The van der Waals surface area contributed by atoms with Gasteiger partial charge in [0.2, 0.25) is 0 Å². The molecule has 1 unspecified atom stereocenters. The molecule has 2 rings (SSSR count). The van der Waals surface area contributed by atoms with Crippen molar-refractivity contribution in [3.63, 3.8) is 0 Å². The van der Waals surface area contributed by atoms with E-state index in [0.717, 1.165) is 19.3 Å². The fourth-order valence-electron chi connectivity index (χ4n) is 1.99. The van der Waals surface area contributed by atoms with Gasteiger partial charge in [0, 0.05) is 24.7 Å². The first-order valence-electron chi connectivity index (χ1n) is 6.44. The van der Waals surface area contributed by atoms with Gasteiger partial charge in [0.1, 0.15) is 5.69 Å². The molecule has 0 aliphatic heterocycles. The number of hydrogen-bond donors (Lipinski definition) is 2. The largest absolute Gasteiger partial charge is 0.347 e. The summed E-state index contributed by atoms with van der Waals surface area (Å²) in [5.74, 6) is -0.294. The van der Waals surface area contributed by atoms with Crippen LogP contribution in [0.5, 0.6) is 0 Å². The Morgan fingerprint density at radius 1 is 1.68 bits per heavy atom. The van der Waals surface area contributed by atoms with Gasteiger partial charge < -0.3 is 15.6 Å². The molecule has 1 aliphatic carbocycles. The third-order valence-corrected chi connectivity index (χ3v) is 3.33. The van der Waals surface area contributed by atoms with Crippen LogP contribution in [0, 0.1) is 10.1 Å². The number of nitrogens with two attached hydrogens (primary N) is 1. The highest BCUT2D eigenvalue weighted by atomic mass is 16.6. The van der Waals surface area contributed by atoms with Crippen molar-refractivity contribution in [1.82, 2.24) is 9.88 Å². The maximum atomic E-state index is 12.2. The van der Waals surface area contributed by atoms with Crippen LogP contribution >= 0.6 is 0 Å². The molecule has 1 aromatic heterocycles. The molecule has 1 saturated carbocycles. The zero-order valence-electron chi connectivity index (χ0n) is 10.8. The second kappa shape index (κ2) is 5.40. The highest BCUT2D eigenvalue weighted by Crippen LogP contribution is 2.37. The lowest BCUT2D eigenvalue weighted by atomic mass is 10.2. The van der Waals surface area contributed by atoms with Gasteiger partial charge in [-0.15, -0.1) is 0 Å². The van der Waals surface area contributed by atoms with E-state index in [-0.39, 0.29) is 23.7 Å². The summed E-state index contributed by atoms with van der Waals surface area (Å²) in [6.45, 7) is 2.29. The van der Waals surface area contributed by atoms with Crippen molar-refractivity contribution in [3.05, 3.63) is 28.1 Å². The van der Waals surface area contributed by atoms with Gasteiger partial charge in [-0.2, -0.15) is 0 Å². The van der Waals surface area contributed by atoms with E-state index in [1.165, 1.54) is 12.3 Å². The van der Waals surface area contributed by atoms with Gasteiger partial charge in [-0.3, -0.25) is 14.9 Å². The number of hydrogen-bond acceptors (Lipinski definition) is 4. The highest BCUT2D eigenvalue weighted by molar-refractivity contribution is 5.93. The first-order chi connectivity index (χ1) is 9.06. The number of nitrogens with zero attached hydrogens (tertiary/aromatic N) is 2. The summed E-state index contributed by atoms with van der Waals surface area (Å²) in [6, 6.07) is 1.44. The van der Waals surface area contributed by atoms with Crippen LogP contribution in [-0.4, -0.2) is 28.0 Å². The van der Waals surface area contributed by atoms with E-state index < -0.39 is 4.92 Å². The van der Waals surface area contributed by atoms with Gasteiger partial charge in [0.05, 0.1) is 11.1 Å². The molecule has 1 amide bonds. The Morgan fingerprint density at radius 2 is 2.37 bits per heavy atom. The van der Waals surface area contributed by atoms with E-state index in [9.17, 15) is 14.9 Å². The second-order valence-corrected chi connectivity index (χ2v) is 4.79. The van der Waals surface area contributed by atoms with Gasteiger partial charge in [-0.1, -0.05) is 6.92 Å². The molecule has 0 saturated heterocycles. The Kier molecular flexibility index (Phi) is 3.84. The van der Waals surface area contributed by atoms with Crippen molar-refractivity contribution < 1.29 is 9.72 Å². The molecule has 1 atom stereocenters. The first kappa shape index (κ1) is 13.5. The van der Waals surface area contributed by atoms with Crippen LogP contribution in [0.3, 0.4) is 0 Å². The van der Waals surface area contributed by atoms with Crippen molar-refractivity contribution in [2.24, 2.45) is 5.73 Å². The summed E-state index contributed by atoms with van der Waals surface area (Å²) in [5, 5.41) is 13.6. The predicted molar refractivity (Wildman–Crippen MR) is 70.0 cm³/mol. The average molecular weight is 266 g/mol. The summed E-state index contributed by atoms with van der Waals surface area (Å²) in [4.78, 5) is 22.5. The lowest BCUT2D eigenvalue weighted by Crippen LogP contribution is -2.40. The van der Waals surface area contributed by atoms with E-state index >= 15 is 0 Å². The molecule has 1 aliphatic rings. The maximum absolute atomic E-state index is 12.2. The Bertz CT molecular complexity index is 489. The van der Waals surface area contributed by atoms with Crippen molar-refractivity contribution in [1.29, 1.82) is 0 Å². The molecule has 0 spiro atoms. The van der Waals surface area contributed by atoms with Crippen LogP contribution in [0.15, 0.2) is 12.3 Å². The zero-order valence-corrected chi connectivity index (χ0v) is 10.8. The quantitative estimate of drug-likeness (QED) is 0.596.